The minimum Gasteiger partial charge on any atom is -0.497 e. The Balaban J connectivity index is 1.61. The molecular weight excluding hydrogens is 433 g/mol. The number of furan rings is 1. The number of hydrogen-bond donors (Lipinski definition) is 1. The molecule has 0 radical (unpaired) electrons. The minimum atomic E-state index is -4.43. The Labute approximate surface area is 191 Å². The molecule has 0 atom stereocenters. The highest BCUT2D eigenvalue weighted by Gasteiger charge is 2.30. The Morgan fingerprint density at radius 1 is 1.03 bits per heavy atom. The van der Waals surface area contributed by atoms with Crippen LogP contribution in [0.4, 0.5) is 13.2 Å². The number of halogens is 3. The van der Waals surface area contributed by atoms with E-state index in [9.17, 15) is 18.0 Å². The molecule has 0 bridgehead atoms. The molecule has 1 aromatic heterocycles. The third kappa shape index (κ3) is 6.86. The summed E-state index contributed by atoms with van der Waals surface area (Å²) in [4.78, 5) is 14.6. The molecular formula is C25H27F3N2O3. The van der Waals surface area contributed by atoms with Crippen LogP contribution in [0, 0.1) is 0 Å². The summed E-state index contributed by atoms with van der Waals surface area (Å²) < 4.78 is 49.6. The van der Waals surface area contributed by atoms with Crippen LogP contribution in [-0.4, -0.2) is 24.0 Å². The molecule has 0 unspecified atom stereocenters. The largest absolute Gasteiger partial charge is 0.497 e. The molecule has 3 rings (SSSR count). The Morgan fingerprint density at radius 2 is 1.76 bits per heavy atom. The van der Waals surface area contributed by atoms with Gasteiger partial charge in [-0.3, -0.25) is 9.69 Å². The average molecular weight is 460 g/mol. The number of alkyl halides is 3. The van der Waals surface area contributed by atoms with Crippen LogP contribution in [0.25, 0.3) is 0 Å². The van der Waals surface area contributed by atoms with E-state index in [1.165, 1.54) is 12.1 Å². The van der Waals surface area contributed by atoms with Gasteiger partial charge in [-0.1, -0.05) is 24.3 Å². The van der Waals surface area contributed by atoms with Crippen molar-refractivity contribution in [1.29, 1.82) is 0 Å². The Kier molecular flexibility index (Phi) is 7.81. The van der Waals surface area contributed by atoms with Crippen LogP contribution in [0.2, 0.25) is 0 Å². The molecule has 1 amide bonds. The van der Waals surface area contributed by atoms with Gasteiger partial charge in [0.15, 0.2) is 5.76 Å². The Hall–Kier alpha value is -3.26. The van der Waals surface area contributed by atoms with Gasteiger partial charge in [-0.15, -0.1) is 0 Å². The van der Waals surface area contributed by atoms with Gasteiger partial charge in [0.1, 0.15) is 11.5 Å². The third-order valence-electron chi connectivity index (χ3n) is 5.20. The fourth-order valence-corrected chi connectivity index (χ4v) is 3.34. The maximum atomic E-state index is 12.9. The molecule has 176 valence electrons. The summed E-state index contributed by atoms with van der Waals surface area (Å²) >= 11 is 0. The van der Waals surface area contributed by atoms with Crippen LogP contribution in [0.3, 0.4) is 0 Å². The fourth-order valence-electron chi connectivity index (χ4n) is 3.34. The standard InChI is InChI=1S/C25H27F3N2O3/c1-17(2)30(15-19-7-5-9-21(13-19)32-3)16-22-10-11-23(33-22)24(31)29-14-18-6-4-8-20(12-18)25(26,27)28/h4-13,17H,14-16H2,1-3H3,(H,29,31). The highest BCUT2D eigenvalue weighted by atomic mass is 19.4. The Morgan fingerprint density at radius 3 is 2.45 bits per heavy atom. The zero-order valence-corrected chi connectivity index (χ0v) is 18.8. The van der Waals surface area contributed by atoms with Gasteiger partial charge in [0, 0.05) is 19.1 Å². The van der Waals surface area contributed by atoms with E-state index in [1.54, 1.807) is 19.2 Å². The number of nitrogens with one attached hydrogen (secondary N) is 1. The second kappa shape index (κ2) is 10.6. The van der Waals surface area contributed by atoms with E-state index >= 15 is 0 Å². The molecule has 0 aliphatic heterocycles. The Bertz CT molecular complexity index is 1080. The van der Waals surface area contributed by atoms with Crippen molar-refractivity contribution in [2.24, 2.45) is 0 Å². The normalized spacial score (nSPS) is 11.8. The van der Waals surface area contributed by atoms with Crippen molar-refractivity contribution in [3.8, 4) is 5.75 Å². The monoisotopic (exact) mass is 460 g/mol. The second-order valence-electron chi connectivity index (χ2n) is 8.00. The zero-order valence-electron chi connectivity index (χ0n) is 18.8. The van der Waals surface area contributed by atoms with Crippen LogP contribution in [0.1, 0.15) is 46.9 Å². The number of carbonyl (C=O) groups is 1. The maximum absolute atomic E-state index is 12.9. The number of carbonyl (C=O) groups excluding carboxylic acids is 1. The van der Waals surface area contributed by atoms with Crippen molar-refractivity contribution < 1.29 is 27.1 Å². The molecule has 5 nitrogen and oxygen atoms in total. The molecule has 0 aliphatic carbocycles. The van der Waals surface area contributed by atoms with Gasteiger partial charge < -0.3 is 14.5 Å². The highest BCUT2D eigenvalue weighted by molar-refractivity contribution is 5.91. The van der Waals surface area contributed by atoms with Gasteiger partial charge in [-0.2, -0.15) is 13.2 Å². The number of ether oxygens (including phenoxy) is 1. The first kappa shape index (κ1) is 24.4. The molecule has 33 heavy (non-hydrogen) atoms. The van der Waals surface area contributed by atoms with Gasteiger partial charge in [0.2, 0.25) is 0 Å². The van der Waals surface area contributed by atoms with Gasteiger partial charge in [-0.25, -0.2) is 0 Å². The van der Waals surface area contributed by atoms with Crippen molar-refractivity contribution in [2.45, 2.75) is 45.7 Å². The number of hydrogen-bond acceptors (Lipinski definition) is 4. The van der Waals surface area contributed by atoms with Crippen LogP contribution in [0.15, 0.2) is 65.1 Å². The van der Waals surface area contributed by atoms with Crippen molar-refractivity contribution in [1.82, 2.24) is 10.2 Å². The van der Waals surface area contributed by atoms with Crippen molar-refractivity contribution in [3.05, 3.63) is 88.9 Å². The van der Waals surface area contributed by atoms with Gasteiger partial charge in [-0.05, 0) is 61.4 Å². The van der Waals surface area contributed by atoms with Crippen LogP contribution >= 0.6 is 0 Å². The van der Waals surface area contributed by atoms with Crippen LogP contribution < -0.4 is 10.1 Å². The van der Waals surface area contributed by atoms with Crippen molar-refractivity contribution >= 4 is 5.91 Å². The number of methoxy groups -OCH3 is 1. The number of nitrogens with zero attached hydrogens (tertiary/aromatic N) is 1. The zero-order chi connectivity index (χ0) is 24.0. The quantitative estimate of drug-likeness (QED) is 0.449. The number of rotatable bonds is 9. The summed E-state index contributed by atoms with van der Waals surface area (Å²) in [6, 6.07) is 16.2. The number of amides is 1. The molecule has 3 aromatic rings. The summed E-state index contributed by atoms with van der Waals surface area (Å²) in [5, 5.41) is 2.61. The minimum absolute atomic E-state index is 0.0350. The molecule has 0 fully saturated rings. The van der Waals surface area contributed by atoms with Crippen LogP contribution in [0.5, 0.6) is 5.75 Å². The molecule has 0 saturated carbocycles. The highest BCUT2D eigenvalue weighted by Crippen LogP contribution is 2.29. The van der Waals surface area contributed by atoms with E-state index < -0.39 is 17.6 Å². The molecule has 1 heterocycles. The summed E-state index contributed by atoms with van der Waals surface area (Å²) in [6.45, 7) is 5.28. The van der Waals surface area contributed by atoms with E-state index in [4.69, 9.17) is 9.15 Å². The fraction of sp³-hybridized carbons (Fsp3) is 0.320. The maximum Gasteiger partial charge on any atom is 0.416 e. The van der Waals surface area contributed by atoms with Gasteiger partial charge >= 0.3 is 6.18 Å². The smallest absolute Gasteiger partial charge is 0.416 e. The van der Waals surface area contributed by atoms with E-state index in [2.05, 4.69) is 24.1 Å². The van der Waals surface area contributed by atoms with Gasteiger partial charge in [0.05, 0.1) is 19.2 Å². The topological polar surface area (TPSA) is 54.7 Å². The first-order valence-electron chi connectivity index (χ1n) is 10.6. The SMILES string of the molecule is COc1cccc(CN(Cc2ccc(C(=O)NCc3cccc(C(F)(F)F)c3)o2)C(C)C)c1. The first-order valence-corrected chi connectivity index (χ1v) is 10.6. The van der Waals surface area contributed by atoms with E-state index in [0.717, 1.165) is 23.4 Å². The molecule has 0 spiro atoms. The lowest BCUT2D eigenvalue weighted by Crippen LogP contribution is -2.29. The molecule has 2 aromatic carbocycles. The first-order chi connectivity index (χ1) is 15.7. The van der Waals surface area contributed by atoms with E-state index in [1.807, 2.05) is 24.3 Å². The lowest BCUT2D eigenvalue weighted by atomic mass is 10.1. The van der Waals surface area contributed by atoms with Crippen molar-refractivity contribution in [3.63, 3.8) is 0 Å². The lowest BCUT2D eigenvalue weighted by Gasteiger charge is -2.25. The summed E-state index contributed by atoms with van der Waals surface area (Å²) in [5.74, 6) is 1.04. The lowest BCUT2D eigenvalue weighted by molar-refractivity contribution is -0.137. The van der Waals surface area contributed by atoms with Crippen LogP contribution in [-0.2, 0) is 25.8 Å². The van der Waals surface area contributed by atoms with Gasteiger partial charge in [0.25, 0.3) is 5.91 Å². The third-order valence-corrected chi connectivity index (χ3v) is 5.20. The molecule has 1 N–H and O–H groups in total. The predicted molar refractivity (Wildman–Crippen MR) is 119 cm³/mol. The second-order valence-corrected chi connectivity index (χ2v) is 8.00. The molecule has 8 heteroatoms. The average Bonchev–Trinajstić information content (AvgIpc) is 3.25. The van der Waals surface area contributed by atoms with E-state index in [0.29, 0.717) is 24.4 Å². The molecule has 0 saturated heterocycles. The van der Waals surface area contributed by atoms with Crippen molar-refractivity contribution in [2.75, 3.05) is 7.11 Å². The summed E-state index contributed by atoms with van der Waals surface area (Å²) in [5.41, 5.74) is 0.697. The number of benzene rings is 2. The molecule has 0 aliphatic rings. The van der Waals surface area contributed by atoms with E-state index in [-0.39, 0.29) is 18.3 Å². The predicted octanol–water partition coefficient (Wildman–Crippen LogP) is 5.65. The summed E-state index contributed by atoms with van der Waals surface area (Å²) in [7, 11) is 1.63. The summed E-state index contributed by atoms with van der Waals surface area (Å²) in [6.07, 6.45) is -4.43.